The van der Waals surface area contributed by atoms with E-state index < -0.39 is 42.5 Å². The van der Waals surface area contributed by atoms with Gasteiger partial charge in [-0.3, -0.25) is 10.0 Å². The van der Waals surface area contributed by atoms with Gasteiger partial charge < -0.3 is 4.74 Å². The van der Waals surface area contributed by atoms with Crippen LogP contribution in [0.1, 0.15) is 33.6 Å². The first-order valence-corrected chi connectivity index (χ1v) is 12.6. The Morgan fingerprint density at radius 3 is 2.07 bits per heavy atom. The number of nitrogens with zero attached hydrogens (tertiary/aromatic N) is 1. The number of carbonyl (C=O) groups is 1. The zero-order chi connectivity index (χ0) is 22.1. The minimum absolute atomic E-state index is 0.000133. The fraction of sp³-hybridized carbons (Fsp3) is 0.611. The van der Waals surface area contributed by atoms with Crippen molar-refractivity contribution in [1.82, 2.24) is 9.79 Å². The molecular formula is C18H28N2O7S2. The highest BCUT2D eigenvalue weighted by molar-refractivity contribution is 7.91. The molecule has 1 saturated heterocycles. The second-order valence-corrected chi connectivity index (χ2v) is 12.3. The molecule has 29 heavy (non-hydrogen) atoms. The van der Waals surface area contributed by atoms with Crippen LogP contribution in [0.15, 0.2) is 29.2 Å². The zero-order valence-corrected chi connectivity index (χ0v) is 18.6. The van der Waals surface area contributed by atoms with Crippen LogP contribution in [-0.4, -0.2) is 63.0 Å². The van der Waals surface area contributed by atoms with Gasteiger partial charge >= 0.3 is 0 Å². The molecule has 2 rings (SSSR count). The molecule has 0 atom stereocenters. The first-order valence-electron chi connectivity index (χ1n) is 9.10. The quantitative estimate of drug-likeness (QED) is 0.494. The molecule has 2 N–H and O–H groups in total. The molecule has 1 aromatic rings. The number of hydroxylamine groups is 1. The predicted molar refractivity (Wildman–Crippen MR) is 107 cm³/mol. The topological polar surface area (TPSA) is 130 Å². The number of amides is 1. The third kappa shape index (κ3) is 5.91. The van der Waals surface area contributed by atoms with Gasteiger partial charge in [0, 0.05) is 13.1 Å². The van der Waals surface area contributed by atoms with Crippen LogP contribution in [-0.2, 0) is 24.7 Å². The molecule has 0 spiro atoms. The summed E-state index contributed by atoms with van der Waals surface area (Å²) in [4.78, 5) is 12.4. The maximum atomic E-state index is 13.0. The first kappa shape index (κ1) is 23.6. The molecular weight excluding hydrogens is 420 g/mol. The van der Waals surface area contributed by atoms with Crippen LogP contribution in [0.25, 0.3) is 0 Å². The van der Waals surface area contributed by atoms with Crippen molar-refractivity contribution in [2.45, 2.75) is 44.1 Å². The largest absolute Gasteiger partial charge is 0.488 e. The molecule has 1 heterocycles. The number of hydrogen-bond acceptors (Lipinski definition) is 7. The van der Waals surface area contributed by atoms with E-state index in [-0.39, 0.29) is 30.8 Å². The van der Waals surface area contributed by atoms with Crippen molar-refractivity contribution in [3.8, 4) is 5.75 Å². The maximum Gasteiger partial charge on any atom is 0.250 e. The number of carbonyl (C=O) groups excluding carboxylic acids is 1. The fourth-order valence-corrected chi connectivity index (χ4v) is 6.03. The van der Waals surface area contributed by atoms with Gasteiger partial charge in [-0.05, 0) is 57.9 Å². The van der Waals surface area contributed by atoms with E-state index >= 15 is 0 Å². The van der Waals surface area contributed by atoms with Crippen molar-refractivity contribution < 1.29 is 31.6 Å². The number of sulfonamides is 1. The third-order valence-corrected chi connectivity index (χ3v) is 8.03. The van der Waals surface area contributed by atoms with E-state index in [9.17, 15) is 21.6 Å². The van der Waals surface area contributed by atoms with Gasteiger partial charge in [0.25, 0.3) is 5.91 Å². The van der Waals surface area contributed by atoms with Crippen molar-refractivity contribution in [2.24, 2.45) is 5.41 Å². The fourth-order valence-electron chi connectivity index (χ4n) is 3.32. The molecule has 164 valence electrons. The molecule has 0 aliphatic carbocycles. The predicted octanol–water partition coefficient (Wildman–Crippen LogP) is 1.18. The van der Waals surface area contributed by atoms with E-state index in [0.717, 1.165) is 6.26 Å². The van der Waals surface area contributed by atoms with Crippen molar-refractivity contribution in [3.63, 3.8) is 0 Å². The maximum absolute atomic E-state index is 13.0. The van der Waals surface area contributed by atoms with Crippen molar-refractivity contribution in [3.05, 3.63) is 24.3 Å². The molecule has 0 aromatic heterocycles. The van der Waals surface area contributed by atoms with Gasteiger partial charge in [0.15, 0.2) is 9.84 Å². The summed E-state index contributed by atoms with van der Waals surface area (Å²) in [5, 5.41) is 9.15. The van der Waals surface area contributed by atoms with E-state index in [4.69, 9.17) is 9.94 Å². The lowest BCUT2D eigenvalue weighted by Crippen LogP contribution is -2.52. The monoisotopic (exact) mass is 448 g/mol. The third-order valence-electron chi connectivity index (χ3n) is 4.80. The van der Waals surface area contributed by atoms with Gasteiger partial charge in [-0.2, -0.15) is 0 Å². The Morgan fingerprint density at radius 2 is 1.66 bits per heavy atom. The average Bonchev–Trinajstić information content (AvgIpc) is 2.59. The number of piperidine rings is 1. The first-order chi connectivity index (χ1) is 13.2. The lowest BCUT2D eigenvalue weighted by Gasteiger charge is -2.38. The highest BCUT2D eigenvalue weighted by Gasteiger charge is 2.46. The SMILES string of the molecule is CC(C)(C)Oc1ccc(S(=O)(=O)CC2(C(=O)NO)CCN(S(C)(=O)=O)CC2)cc1. The minimum Gasteiger partial charge on any atom is -0.488 e. The Bertz CT molecular complexity index is 941. The van der Waals surface area contributed by atoms with Crippen molar-refractivity contribution in [1.29, 1.82) is 0 Å². The summed E-state index contributed by atoms with van der Waals surface area (Å²) in [6.45, 7) is 5.62. The molecule has 1 amide bonds. The summed E-state index contributed by atoms with van der Waals surface area (Å²) in [6.07, 6.45) is 1.03. The Balaban J connectivity index is 2.26. The van der Waals surface area contributed by atoms with Crippen LogP contribution in [0, 0.1) is 5.41 Å². The zero-order valence-electron chi connectivity index (χ0n) is 17.0. The number of ether oxygens (including phenoxy) is 1. The minimum atomic E-state index is -3.88. The number of nitrogens with one attached hydrogen (secondary N) is 1. The Kier molecular flexibility index (Phi) is 6.68. The standard InChI is InChI=1S/C18H28N2O7S2/c1-17(2,3)27-14-5-7-15(8-6-14)29(25,26)13-18(16(21)19-22)9-11-20(12-10-18)28(4,23)24/h5-8,22H,9-13H2,1-4H3,(H,19,21). The molecule has 1 aliphatic rings. The van der Waals surface area contributed by atoms with Crippen LogP contribution in [0.5, 0.6) is 5.75 Å². The summed E-state index contributed by atoms with van der Waals surface area (Å²) < 4.78 is 56.3. The molecule has 11 heteroatoms. The van der Waals surface area contributed by atoms with Gasteiger partial charge in [-0.15, -0.1) is 0 Å². The van der Waals surface area contributed by atoms with Crippen LogP contribution in [0.3, 0.4) is 0 Å². The summed E-state index contributed by atoms with van der Waals surface area (Å²) in [7, 11) is -7.33. The van der Waals surface area contributed by atoms with E-state index in [2.05, 4.69) is 0 Å². The van der Waals surface area contributed by atoms with Crippen LogP contribution >= 0.6 is 0 Å². The lowest BCUT2D eigenvalue weighted by molar-refractivity contribution is -0.140. The van der Waals surface area contributed by atoms with Gasteiger partial charge in [-0.1, -0.05) is 0 Å². The number of sulfone groups is 1. The molecule has 0 saturated carbocycles. The van der Waals surface area contributed by atoms with E-state index in [1.807, 2.05) is 20.8 Å². The Hall–Kier alpha value is -1.69. The van der Waals surface area contributed by atoms with Crippen LogP contribution < -0.4 is 10.2 Å². The van der Waals surface area contributed by atoms with E-state index in [1.54, 1.807) is 17.6 Å². The van der Waals surface area contributed by atoms with Crippen molar-refractivity contribution in [2.75, 3.05) is 25.1 Å². The van der Waals surface area contributed by atoms with Gasteiger partial charge in [0.2, 0.25) is 10.0 Å². The van der Waals surface area contributed by atoms with E-state index in [1.165, 1.54) is 16.4 Å². The van der Waals surface area contributed by atoms with Gasteiger partial charge in [-0.25, -0.2) is 26.6 Å². The molecule has 0 unspecified atom stereocenters. The Morgan fingerprint density at radius 1 is 1.14 bits per heavy atom. The molecule has 0 bridgehead atoms. The second-order valence-electron chi connectivity index (χ2n) is 8.33. The number of benzene rings is 1. The summed E-state index contributed by atoms with van der Waals surface area (Å²) in [5.41, 5.74) is -0.308. The highest BCUT2D eigenvalue weighted by Crippen LogP contribution is 2.36. The molecule has 0 radical (unpaired) electrons. The lowest BCUT2D eigenvalue weighted by atomic mass is 9.80. The molecule has 9 nitrogen and oxygen atoms in total. The normalized spacial score (nSPS) is 18.2. The van der Waals surface area contributed by atoms with Crippen LogP contribution in [0.2, 0.25) is 0 Å². The number of rotatable bonds is 6. The second kappa shape index (κ2) is 8.21. The average molecular weight is 449 g/mol. The molecule has 1 aromatic carbocycles. The van der Waals surface area contributed by atoms with E-state index in [0.29, 0.717) is 5.75 Å². The van der Waals surface area contributed by atoms with Gasteiger partial charge in [0.1, 0.15) is 11.4 Å². The summed E-state index contributed by atoms with van der Waals surface area (Å²) in [6, 6.07) is 5.91. The molecule has 1 fully saturated rings. The summed E-state index contributed by atoms with van der Waals surface area (Å²) >= 11 is 0. The smallest absolute Gasteiger partial charge is 0.250 e. The highest BCUT2D eigenvalue weighted by atomic mass is 32.2. The summed E-state index contributed by atoms with van der Waals surface area (Å²) in [5.74, 6) is -0.855. The van der Waals surface area contributed by atoms with Crippen molar-refractivity contribution >= 4 is 25.8 Å². The molecule has 1 aliphatic heterocycles. The van der Waals surface area contributed by atoms with Crippen LogP contribution in [0.4, 0.5) is 0 Å². The Labute approximate surface area is 172 Å². The number of hydrogen-bond donors (Lipinski definition) is 2. The van der Waals surface area contributed by atoms with Gasteiger partial charge in [0.05, 0.1) is 22.3 Å².